The molecule has 0 radical (unpaired) electrons. The molecule has 1 nitrogen and oxygen atoms in total. The average Bonchev–Trinajstić information content (AvgIpc) is 2.15. The summed E-state index contributed by atoms with van der Waals surface area (Å²) in [5.74, 6) is 2.19. The largest absolute Gasteiger partial charge is 0.330 e. The SMILES string of the molecule is NCCSCCc1ccc(Cl)cc1. The molecule has 0 heterocycles. The summed E-state index contributed by atoms with van der Waals surface area (Å²) in [7, 11) is 0. The minimum absolute atomic E-state index is 0.769. The van der Waals surface area contributed by atoms with E-state index in [0.29, 0.717) is 0 Å². The van der Waals surface area contributed by atoms with E-state index in [2.05, 4.69) is 12.1 Å². The van der Waals surface area contributed by atoms with Crippen LogP contribution in [-0.2, 0) is 6.42 Å². The van der Waals surface area contributed by atoms with Crippen LogP contribution in [0.4, 0.5) is 0 Å². The van der Waals surface area contributed by atoms with Crippen molar-refractivity contribution in [1.29, 1.82) is 0 Å². The molecule has 0 atom stereocenters. The fraction of sp³-hybridized carbons (Fsp3) is 0.400. The van der Waals surface area contributed by atoms with E-state index in [4.69, 9.17) is 17.3 Å². The van der Waals surface area contributed by atoms with Crippen LogP contribution in [0.25, 0.3) is 0 Å². The van der Waals surface area contributed by atoms with Gasteiger partial charge in [-0.25, -0.2) is 0 Å². The van der Waals surface area contributed by atoms with Crippen LogP contribution in [0.1, 0.15) is 5.56 Å². The normalized spacial score (nSPS) is 10.3. The van der Waals surface area contributed by atoms with E-state index in [0.717, 1.165) is 29.5 Å². The molecule has 13 heavy (non-hydrogen) atoms. The zero-order valence-electron chi connectivity index (χ0n) is 7.50. The van der Waals surface area contributed by atoms with Gasteiger partial charge in [-0.05, 0) is 29.9 Å². The van der Waals surface area contributed by atoms with Crippen molar-refractivity contribution >= 4 is 23.4 Å². The van der Waals surface area contributed by atoms with E-state index in [1.165, 1.54) is 5.56 Å². The van der Waals surface area contributed by atoms with Gasteiger partial charge >= 0.3 is 0 Å². The molecule has 0 unspecified atom stereocenters. The summed E-state index contributed by atoms with van der Waals surface area (Å²) in [5, 5.41) is 0.804. The lowest BCUT2D eigenvalue weighted by Gasteiger charge is -2.00. The van der Waals surface area contributed by atoms with E-state index < -0.39 is 0 Å². The summed E-state index contributed by atoms with van der Waals surface area (Å²) in [6.07, 6.45) is 1.10. The summed E-state index contributed by atoms with van der Waals surface area (Å²) in [6, 6.07) is 8.02. The first-order valence-corrected chi connectivity index (χ1v) is 5.88. The first-order chi connectivity index (χ1) is 6.33. The lowest BCUT2D eigenvalue weighted by Crippen LogP contribution is -2.02. The van der Waals surface area contributed by atoms with Crippen LogP contribution >= 0.6 is 23.4 Å². The smallest absolute Gasteiger partial charge is 0.0406 e. The third kappa shape index (κ3) is 4.55. The van der Waals surface area contributed by atoms with Crippen molar-refractivity contribution in [2.75, 3.05) is 18.1 Å². The summed E-state index contributed by atoms with van der Waals surface area (Å²) in [5.41, 5.74) is 6.73. The topological polar surface area (TPSA) is 26.0 Å². The quantitative estimate of drug-likeness (QED) is 0.765. The van der Waals surface area contributed by atoms with Crippen LogP contribution in [0.2, 0.25) is 5.02 Å². The van der Waals surface area contributed by atoms with Gasteiger partial charge in [-0.1, -0.05) is 23.7 Å². The molecule has 1 aromatic rings. The van der Waals surface area contributed by atoms with Crippen LogP contribution in [-0.4, -0.2) is 18.1 Å². The van der Waals surface area contributed by atoms with Crippen LogP contribution < -0.4 is 5.73 Å². The van der Waals surface area contributed by atoms with Crippen molar-refractivity contribution in [2.24, 2.45) is 5.73 Å². The van der Waals surface area contributed by atoms with Gasteiger partial charge in [0, 0.05) is 17.3 Å². The van der Waals surface area contributed by atoms with Gasteiger partial charge in [0.15, 0.2) is 0 Å². The Labute approximate surface area is 88.7 Å². The Balaban J connectivity index is 2.25. The molecule has 0 amide bonds. The zero-order chi connectivity index (χ0) is 9.52. The van der Waals surface area contributed by atoms with E-state index in [1.807, 2.05) is 23.9 Å². The van der Waals surface area contributed by atoms with Crippen molar-refractivity contribution < 1.29 is 0 Å². The van der Waals surface area contributed by atoms with Gasteiger partial charge in [-0.15, -0.1) is 0 Å². The Morgan fingerprint density at radius 2 is 1.85 bits per heavy atom. The van der Waals surface area contributed by atoms with Gasteiger partial charge in [0.25, 0.3) is 0 Å². The Bertz CT molecular complexity index is 235. The Morgan fingerprint density at radius 1 is 1.15 bits per heavy atom. The molecule has 3 heteroatoms. The predicted molar refractivity (Wildman–Crippen MR) is 61.5 cm³/mol. The number of rotatable bonds is 5. The molecule has 0 saturated heterocycles. The molecule has 1 rings (SSSR count). The first-order valence-electron chi connectivity index (χ1n) is 4.35. The Morgan fingerprint density at radius 3 is 2.46 bits per heavy atom. The van der Waals surface area contributed by atoms with Crippen molar-refractivity contribution in [3.05, 3.63) is 34.9 Å². The number of nitrogens with two attached hydrogens (primary N) is 1. The maximum atomic E-state index is 5.77. The molecular weight excluding hydrogens is 202 g/mol. The van der Waals surface area contributed by atoms with Crippen molar-refractivity contribution in [3.63, 3.8) is 0 Å². The molecule has 1 aromatic carbocycles. The summed E-state index contributed by atoms with van der Waals surface area (Å²) < 4.78 is 0. The fourth-order valence-electron chi connectivity index (χ4n) is 1.03. The second kappa shape index (κ2) is 6.30. The molecular formula is C10H14ClNS. The fourth-order valence-corrected chi connectivity index (χ4v) is 1.90. The maximum absolute atomic E-state index is 5.77. The lowest BCUT2D eigenvalue weighted by molar-refractivity contribution is 1.12. The summed E-state index contributed by atoms with van der Waals surface area (Å²) in [4.78, 5) is 0. The van der Waals surface area contributed by atoms with Gasteiger partial charge in [0.1, 0.15) is 0 Å². The molecule has 0 bridgehead atoms. The lowest BCUT2D eigenvalue weighted by atomic mass is 10.2. The molecule has 72 valence electrons. The Hall–Kier alpha value is -0.180. The minimum atomic E-state index is 0.769. The summed E-state index contributed by atoms with van der Waals surface area (Å²) in [6.45, 7) is 0.769. The molecule has 0 spiro atoms. The highest BCUT2D eigenvalue weighted by Gasteiger charge is 1.93. The van der Waals surface area contributed by atoms with Gasteiger partial charge < -0.3 is 5.73 Å². The number of hydrogen-bond donors (Lipinski definition) is 1. The maximum Gasteiger partial charge on any atom is 0.0406 e. The second-order valence-corrected chi connectivity index (χ2v) is 4.44. The van der Waals surface area contributed by atoms with Crippen LogP contribution in [0.15, 0.2) is 24.3 Å². The second-order valence-electron chi connectivity index (χ2n) is 2.78. The molecule has 2 N–H and O–H groups in total. The highest BCUT2D eigenvalue weighted by molar-refractivity contribution is 7.99. The van der Waals surface area contributed by atoms with E-state index in [1.54, 1.807) is 0 Å². The van der Waals surface area contributed by atoms with Crippen molar-refractivity contribution in [1.82, 2.24) is 0 Å². The van der Waals surface area contributed by atoms with Crippen molar-refractivity contribution in [2.45, 2.75) is 6.42 Å². The van der Waals surface area contributed by atoms with E-state index >= 15 is 0 Å². The highest BCUT2D eigenvalue weighted by Crippen LogP contribution is 2.11. The predicted octanol–water partition coefficient (Wildman–Crippen LogP) is 2.57. The number of thioether (sulfide) groups is 1. The number of halogens is 1. The average molecular weight is 216 g/mol. The van der Waals surface area contributed by atoms with Gasteiger partial charge in [0.2, 0.25) is 0 Å². The third-order valence-electron chi connectivity index (χ3n) is 1.71. The Kier molecular flexibility index (Phi) is 5.28. The van der Waals surface area contributed by atoms with Gasteiger partial charge in [-0.2, -0.15) is 11.8 Å². The molecule has 0 aromatic heterocycles. The highest BCUT2D eigenvalue weighted by atomic mass is 35.5. The van der Waals surface area contributed by atoms with Gasteiger partial charge in [0.05, 0.1) is 0 Å². The third-order valence-corrected chi connectivity index (χ3v) is 2.98. The van der Waals surface area contributed by atoms with Crippen LogP contribution in [0.5, 0.6) is 0 Å². The molecule has 0 aliphatic rings. The first kappa shape index (κ1) is 10.9. The van der Waals surface area contributed by atoms with Crippen molar-refractivity contribution in [3.8, 4) is 0 Å². The standard InChI is InChI=1S/C10H14ClNS/c11-10-3-1-9(2-4-10)5-7-13-8-6-12/h1-4H,5-8,12H2. The number of aryl methyl sites for hydroxylation is 1. The molecule has 0 aliphatic heterocycles. The van der Waals surface area contributed by atoms with Crippen LogP contribution in [0, 0.1) is 0 Å². The monoisotopic (exact) mass is 215 g/mol. The van der Waals surface area contributed by atoms with Gasteiger partial charge in [-0.3, -0.25) is 0 Å². The zero-order valence-corrected chi connectivity index (χ0v) is 9.07. The van der Waals surface area contributed by atoms with E-state index in [-0.39, 0.29) is 0 Å². The minimum Gasteiger partial charge on any atom is -0.330 e. The summed E-state index contributed by atoms with van der Waals surface area (Å²) >= 11 is 7.67. The van der Waals surface area contributed by atoms with E-state index in [9.17, 15) is 0 Å². The van der Waals surface area contributed by atoms with Crippen LogP contribution in [0.3, 0.4) is 0 Å². The molecule has 0 fully saturated rings. The number of benzene rings is 1. The molecule has 0 aliphatic carbocycles. The number of hydrogen-bond acceptors (Lipinski definition) is 2. The molecule has 0 saturated carbocycles.